The fourth-order valence-electron chi connectivity index (χ4n) is 1.45. The Hall–Kier alpha value is -1.14. The summed E-state index contributed by atoms with van der Waals surface area (Å²) in [5.74, 6) is -0.905. The SMILES string of the molecule is CCCC(O)CNC(=O)COc1ccc(Br)cc1F. The van der Waals surface area contributed by atoms with Crippen LogP contribution in [-0.2, 0) is 4.79 Å². The van der Waals surface area contributed by atoms with Crippen LogP contribution in [0.1, 0.15) is 19.8 Å². The average molecular weight is 334 g/mol. The van der Waals surface area contributed by atoms with E-state index in [9.17, 15) is 14.3 Å². The third-order valence-electron chi connectivity index (χ3n) is 2.41. The van der Waals surface area contributed by atoms with Gasteiger partial charge in [0.25, 0.3) is 5.91 Å². The highest BCUT2D eigenvalue weighted by Crippen LogP contribution is 2.21. The van der Waals surface area contributed by atoms with E-state index in [1.54, 1.807) is 6.07 Å². The van der Waals surface area contributed by atoms with E-state index in [0.717, 1.165) is 6.42 Å². The molecule has 0 aliphatic carbocycles. The molecule has 0 heterocycles. The molecule has 0 saturated heterocycles. The van der Waals surface area contributed by atoms with Crippen LogP contribution in [0.2, 0.25) is 0 Å². The summed E-state index contributed by atoms with van der Waals surface area (Å²) >= 11 is 3.13. The van der Waals surface area contributed by atoms with Gasteiger partial charge in [0.05, 0.1) is 6.10 Å². The standard InChI is InChI=1S/C13H17BrFNO3/c1-2-3-10(17)7-16-13(18)8-19-12-5-4-9(14)6-11(12)15/h4-6,10,17H,2-3,7-8H2,1H3,(H,16,18). The van der Waals surface area contributed by atoms with Crippen LogP contribution in [0, 0.1) is 5.82 Å². The van der Waals surface area contributed by atoms with Crippen molar-refractivity contribution in [1.29, 1.82) is 0 Å². The second-order valence-electron chi connectivity index (χ2n) is 4.11. The summed E-state index contributed by atoms with van der Waals surface area (Å²) in [5, 5.41) is 12.0. The second kappa shape index (κ2) is 8.12. The van der Waals surface area contributed by atoms with E-state index in [1.165, 1.54) is 12.1 Å². The molecule has 1 aromatic carbocycles. The van der Waals surface area contributed by atoms with Gasteiger partial charge in [0.2, 0.25) is 0 Å². The van der Waals surface area contributed by atoms with Crippen molar-refractivity contribution in [3.8, 4) is 5.75 Å². The van der Waals surface area contributed by atoms with E-state index < -0.39 is 17.8 Å². The molecule has 1 unspecified atom stereocenters. The lowest BCUT2D eigenvalue weighted by atomic mass is 10.2. The lowest BCUT2D eigenvalue weighted by Crippen LogP contribution is -2.35. The van der Waals surface area contributed by atoms with Crippen LogP contribution >= 0.6 is 15.9 Å². The number of amides is 1. The van der Waals surface area contributed by atoms with Gasteiger partial charge in [0, 0.05) is 11.0 Å². The monoisotopic (exact) mass is 333 g/mol. The first-order chi connectivity index (χ1) is 9.02. The Morgan fingerprint density at radius 1 is 1.58 bits per heavy atom. The molecule has 0 bridgehead atoms. The number of hydrogen-bond acceptors (Lipinski definition) is 3. The zero-order valence-corrected chi connectivity index (χ0v) is 12.2. The Morgan fingerprint density at radius 3 is 2.95 bits per heavy atom. The van der Waals surface area contributed by atoms with Gasteiger partial charge in [-0.25, -0.2) is 4.39 Å². The molecular weight excluding hydrogens is 317 g/mol. The molecule has 0 spiro atoms. The zero-order valence-electron chi connectivity index (χ0n) is 10.7. The van der Waals surface area contributed by atoms with Gasteiger partial charge in [-0.2, -0.15) is 0 Å². The van der Waals surface area contributed by atoms with E-state index in [0.29, 0.717) is 10.9 Å². The first-order valence-electron chi connectivity index (χ1n) is 6.05. The van der Waals surface area contributed by atoms with E-state index in [2.05, 4.69) is 21.2 Å². The number of rotatable bonds is 7. The highest BCUT2D eigenvalue weighted by molar-refractivity contribution is 9.10. The van der Waals surface area contributed by atoms with E-state index >= 15 is 0 Å². The maximum atomic E-state index is 13.4. The van der Waals surface area contributed by atoms with Gasteiger partial charge >= 0.3 is 0 Å². The van der Waals surface area contributed by atoms with Gasteiger partial charge in [-0.05, 0) is 24.6 Å². The molecule has 1 atom stereocenters. The molecular formula is C13H17BrFNO3. The molecule has 2 N–H and O–H groups in total. The molecule has 4 nitrogen and oxygen atoms in total. The van der Waals surface area contributed by atoms with Crippen molar-refractivity contribution in [2.75, 3.05) is 13.2 Å². The Bertz CT molecular complexity index is 428. The van der Waals surface area contributed by atoms with Crippen LogP contribution in [0.4, 0.5) is 4.39 Å². The molecule has 1 amide bonds. The fraction of sp³-hybridized carbons (Fsp3) is 0.462. The molecule has 0 saturated carbocycles. The predicted molar refractivity (Wildman–Crippen MR) is 73.5 cm³/mol. The maximum absolute atomic E-state index is 13.4. The molecule has 6 heteroatoms. The minimum Gasteiger partial charge on any atom is -0.481 e. The molecule has 0 aromatic heterocycles. The summed E-state index contributed by atoms with van der Waals surface area (Å²) in [6.45, 7) is 1.85. The number of nitrogens with one attached hydrogen (secondary N) is 1. The van der Waals surface area contributed by atoms with Crippen molar-refractivity contribution in [3.63, 3.8) is 0 Å². The summed E-state index contributed by atoms with van der Waals surface area (Å²) < 4.78 is 19.0. The van der Waals surface area contributed by atoms with Crippen LogP contribution in [0.25, 0.3) is 0 Å². The second-order valence-corrected chi connectivity index (χ2v) is 5.03. The highest BCUT2D eigenvalue weighted by atomic mass is 79.9. The quantitative estimate of drug-likeness (QED) is 0.804. The Balaban J connectivity index is 2.33. The normalized spacial score (nSPS) is 12.0. The molecule has 0 radical (unpaired) electrons. The zero-order chi connectivity index (χ0) is 14.3. The Kier molecular flexibility index (Phi) is 6.80. The molecule has 0 aliphatic rings. The van der Waals surface area contributed by atoms with Crippen LogP contribution in [0.5, 0.6) is 5.75 Å². The topological polar surface area (TPSA) is 58.6 Å². The Labute approximate surface area is 120 Å². The van der Waals surface area contributed by atoms with Crippen molar-refractivity contribution in [2.24, 2.45) is 0 Å². The molecule has 0 fully saturated rings. The van der Waals surface area contributed by atoms with E-state index in [-0.39, 0.29) is 18.9 Å². The lowest BCUT2D eigenvalue weighted by Gasteiger charge is -2.11. The number of carbonyl (C=O) groups excluding carboxylic acids is 1. The van der Waals surface area contributed by atoms with Gasteiger partial charge in [-0.3, -0.25) is 4.79 Å². The number of ether oxygens (including phenoxy) is 1. The smallest absolute Gasteiger partial charge is 0.258 e. The van der Waals surface area contributed by atoms with Crippen molar-refractivity contribution >= 4 is 21.8 Å². The number of hydrogen-bond donors (Lipinski definition) is 2. The van der Waals surface area contributed by atoms with Gasteiger partial charge in [0.1, 0.15) is 0 Å². The third-order valence-corrected chi connectivity index (χ3v) is 2.90. The number of aliphatic hydroxyl groups excluding tert-OH is 1. The molecule has 19 heavy (non-hydrogen) atoms. The van der Waals surface area contributed by atoms with Gasteiger partial charge in [-0.15, -0.1) is 0 Å². The van der Waals surface area contributed by atoms with Crippen LogP contribution in [-0.4, -0.2) is 30.3 Å². The van der Waals surface area contributed by atoms with Crippen LogP contribution in [0.3, 0.4) is 0 Å². The summed E-state index contributed by atoms with van der Waals surface area (Å²) in [6.07, 6.45) is 0.915. The van der Waals surface area contributed by atoms with Gasteiger partial charge < -0.3 is 15.2 Å². The molecule has 1 aromatic rings. The number of aliphatic hydroxyl groups is 1. The van der Waals surface area contributed by atoms with Crippen molar-refractivity contribution in [1.82, 2.24) is 5.32 Å². The van der Waals surface area contributed by atoms with Crippen LogP contribution in [0.15, 0.2) is 22.7 Å². The van der Waals surface area contributed by atoms with E-state index in [1.807, 2.05) is 6.92 Å². The summed E-state index contributed by atoms with van der Waals surface area (Å²) in [5.41, 5.74) is 0. The maximum Gasteiger partial charge on any atom is 0.258 e. The number of halogens is 2. The summed E-state index contributed by atoms with van der Waals surface area (Å²) in [4.78, 5) is 11.4. The number of benzene rings is 1. The summed E-state index contributed by atoms with van der Waals surface area (Å²) in [7, 11) is 0. The average Bonchev–Trinajstić information content (AvgIpc) is 2.35. The van der Waals surface area contributed by atoms with E-state index in [4.69, 9.17) is 4.74 Å². The highest BCUT2D eigenvalue weighted by Gasteiger charge is 2.09. The first kappa shape index (κ1) is 15.9. The molecule has 106 valence electrons. The van der Waals surface area contributed by atoms with Crippen molar-refractivity contribution < 1.29 is 19.0 Å². The Morgan fingerprint density at radius 2 is 2.32 bits per heavy atom. The minimum absolute atomic E-state index is 0.0208. The van der Waals surface area contributed by atoms with Gasteiger partial charge in [0.15, 0.2) is 18.2 Å². The summed E-state index contributed by atoms with van der Waals surface area (Å²) in [6, 6.07) is 4.33. The largest absolute Gasteiger partial charge is 0.481 e. The molecule has 0 aliphatic heterocycles. The lowest BCUT2D eigenvalue weighted by molar-refractivity contribution is -0.123. The first-order valence-corrected chi connectivity index (χ1v) is 6.84. The fourth-order valence-corrected chi connectivity index (χ4v) is 1.79. The predicted octanol–water partition coefficient (Wildman–Crippen LogP) is 2.24. The number of carbonyl (C=O) groups is 1. The van der Waals surface area contributed by atoms with Crippen molar-refractivity contribution in [2.45, 2.75) is 25.9 Å². The van der Waals surface area contributed by atoms with Crippen molar-refractivity contribution in [3.05, 3.63) is 28.5 Å². The molecule has 1 rings (SSSR count). The minimum atomic E-state index is -0.557. The third kappa shape index (κ3) is 6.02. The van der Waals surface area contributed by atoms with Crippen LogP contribution < -0.4 is 10.1 Å². The van der Waals surface area contributed by atoms with Gasteiger partial charge in [-0.1, -0.05) is 29.3 Å².